The minimum absolute atomic E-state index is 0.0102. The van der Waals surface area contributed by atoms with E-state index >= 15 is 0 Å². The average Bonchev–Trinajstić information content (AvgIpc) is 3.56. The Hall–Kier alpha value is -3.28. The van der Waals surface area contributed by atoms with Crippen LogP contribution in [0.15, 0.2) is 12.1 Å². The van der Waals surface area contributed by atoms with Crippen LogP contribution < -0.4 is 10.1 Å². The molecule has 1 unspecified atom stereocenters. The highest BCUT2D eigenvalue weighted by molar-refractivity contribution is 6.31. The Morgan fingerprint density at radius 3 is 2.59 bits per heavy atom. The van der Waals surface area contributed by atoms with Gasteiger partial charge in [0.05, 0.1) is 6.04 Å². The fourth-order valence-corrected chi connectivity index (χ4v) is 6.79. The number of hydrogen-bond acceptors (Lipinski definition) is 6. The fourth-order valence-electron chi connectivity index (χ4n) is 6.53. The normalized spacial score (nSPS) is 22.7. The monoisotopic (exact) mass is 592 g/mol. The number of likely N-dealkylation sites (tertiary alicyclic amines) is 1. The Bertz CT molecular complexity index is 1320. The molecule has 3 heterocycles. The van der Waals surface area contributed by atoms with Crippen LogP contribution in [0.5, 0.6) is 5.75 Å². The third kappa shape index (κ3) is 5.75. The number of hydrogen-bond donors (Lipinski definition) is 1. The zero-order valence-corrected chi connectivity index (χ0v) is 24.0. The molecule has 1 saturated heterocycles. The zero-order chi connectivity index (χ0) is 29.3. The summed E-state index contributed by atoms with van der Waals surface area (Å²) in [6.45, 7) is 0.939. The summed E-state index contributed by atoms with van der Waals surface area (Å²) >= 11 is 6.65. The highest BCUT2D eigenvalue weighted by Gasteiger charge is 2.43. The summed E-state index contributed by atoms with van der Waals surface area (Å²) in [7, 11) is 2.98. The van der Waals surface area contributed by atoms with Crippen molar-refractivity contribution in [3.05, 3.63) is 39.7 Å². The molecule has 13 heteroatoms. The van der Waals surface area contributed by atoms with Gasteiger partial charge in [-0.05, 0) is 43.4 Å². The first-order valence-corrected chi connectivity index (χ1v) is 14.5. The van der Waals surface area contributed by atoms with Gasteiger partial charge in [0.25, 0.3) is 6.43 Å². The van der Waals surface area contributed by atoms with E-state index < -0.39 is 24.3 Å². The van der Waals surface area contributed by atoms with E-state index in [1.165, 1.54) is 7.05 Å². The Labute approximate surface area is 242 Å². The Morgan fingerprint density at radius 1 is 1.15 bits per heavy atom. The van der Waals surface area contributed by atoms with Crippen LogP contribution in [0, 0.1) is 11.8 Å². The first-order valence-electron chi connectivity index (χ1n) is 14.1. The number of fused-ring (bicyclic) bond motifs is 1. The Morgan fingerprint density at radius 2 is 1.90 bits per heavy atom. The van der Waals surface area contributed by atoms with E-state index in [9.17, 15) is 23.2 Å². The average molecular weight is 593 g/mol. The van der Waals surface area contributed by atoms with Crippen molar-refractivity contribution in [2.24, 2.45) is 18.9 Å². The van der Waals surface area contributed by atoms with Gasteiger partial charge in [-0.15, -0.1) is 5.10 Å². The molecule has 5 rings (SSSR count). The highest BCUT2D eigenvalue weighted by atomic mass is 35.5. The number of aromatic nitrogens is 3. The molecule has 1 aromatic carbocycles. The molecule has 3 amide bonds. The van der Waals surface area contributed by atoms with Gasteiger partial charge < -0.3 is 19.9 Å². The molecule has 2 fully saturated rings. The molecule has 1 aromatic heterocycles. The Kier molecular flexibility index (Phi) is 8.77. The van der Waals surface area contributed by atoms with E-state index in [4.69, 9.17) is 16.3 Å². The molecule has 41 heavy (non-hydrogen) atoms. The molecule has 1 aliphatic carbocycles. The van der Waals surface area contributed by atoms with Crippen LogP contribution in [-0.4, -0.2) is 69.2 Å². The maximum Gasteiger partial charge on any atom is 0.282 e. The lowest BCUT2D eigenvalue weighted by Gasteiger charge is -2.43. The van der Waals surface area contributed by atoms with E-state index in [0.717, 1.165) is 29.5 Å². The molecule has 10 nitrogen and oxygen atoms in total. The molecule has 2 aliphatic heterocycles. The SMILES string of the molecule is CNC(=O)[C@@H]1CCCCC1C(=O)N1CCc2c(Cl)ccc(OCc3nnn(C)c3C(F)F)c2[C@H]1CN1CCCC1=O. The third-order valence-electron chi connectivity index (χ3n) is 8.60. The van der Waals surface area contributed by atoms with Crippen LogP contribution in [0.1, 0.15) is 73.5 Å². The first-order chi connectivity index (χ1) is 19.7. The number of rotatable bonds is 8. The third-order valence-corrected chi connectivity index (χ3v) is 8.96. The molecular formula is C28H35ClF2N6O4. The van der Waals surface area contributed by atoms with Crippen LogP contribution >= 0.6 is 11.6 Å². The summed E-state index contributed by atoms with van der Waals surface area (Å²) in [5.41, 5.74) is 1.13. The van der Waals surface area contributed by atoms with Crippen molar-refractivity contribution in [3.8, 4) is 5.75 Å². The number of ether oxygens (including phenoxy) is 1. The molecule has 2 aromatic rings. The number of nitrogens with zero attached hydrogens (tertiary/aromatic N) is 5. The lowest BCUT2D eigenvalue weighted by Crippen LogP contribution is -2.50. The van der Waals surface area contributed by atoms with Crippen molar-refractivity contribution < 1.29 is 27.9 Å². The molecule has 3 aliphatic rings. The summed E-state index contributed by atoms with van der Waals surface area (Å²) in [5.74, 6) is -0.764. The van der Waals surface area contributed by atoms with Gasteiger partial charge in [0.2, 0.25) is 17.7 Å². The van der Waals surface area contributed by atoms with Crippen molar-refractivity contribution in [1.82, 2.24) is 30.1 Å². The number of aryl methyl sites for hydroxylation is 1. The van der Waals surface area contributed by atoms with Gasteiger partial charge in [-0.2, -0.15) is 0 Å². The van der Waals surface area contributed by atoms with Crippen LogP contribution in [0.3, 0.4) is 0 Å². The highest BCUT2D eigenvalue weighted by Crippen LogP contribution is 2.43. The molecule has 222 valence electrons. The van der Waals surface area contributed by atoms with Crippen LogP contribution in [-0.2, 0) is 34.5 Å². The maximum atomic E-state index is 14.2. The molecule has 0 radical (unpaired) electrons. The van der Waals surface area contributed by atoms with Crippen molar-refractivity contribution in [2.45, 2.75) is 64.0 Å². The van der Waals surface area contributed by atoms with E-state index in [-0.39, 0.29) is 42.3 Å². The minimum atomic E-state index is -2.78. The molecule has 3 atom stereocenters. The van der Waals surface area contributed by atoms with Crippen molar-refractivity contribution in [2.75, 3.05) is 26.7 Å². The summed E-state index contributed by atoms with van der Waals surface area (Å²) in [6.07, 6.45) is 1.83. The van der Waals surface area contributed by atoms with Gasteiger partial charge >= 0.3 is 0 Å². The van der Waals surface area contributed by atoms with Gasteiger partial charge in [0.15, 0.2) is 0 Å². The smallest absolute Gasteiger partial charge is 0.282 e. The topological polar surface area (TPSA) is 110 Å². The lowest BCUT2D eigenvalue weighted by atomic mass is 9.77. The number of halogens is 3. The van der Waals surface area contributed by atoms with E-state index in [0.29, 0.717) is 55.1 Å². The Balaban J connectivity index is 1.51. The van der Waals surface area contributed by atoms with Gasteiger partial charge in [0.1, 0.15) is 23.7 Å². The molecule has 1 saturated carbocycles. The fraction of sp³-hybridized carbons (Fsp3) is 0.607. The van der Waals surface area contributed by atoms with Crippen molar-refractivity contribution in [3.63, 3.8) is 0 Å². The second kappa shape index (κ2) is 12.3. The predicted molar refractivity (Wildman–Crippen MR) is 145 cm³/mol. The quantitative estimate of drug-likeness (QED) is 0.502. The predicted octanol–water partition coefficient (Wildman–Crippen LogP) is 3.59. The second-order valence-electron chi connectivity index (χ2n) is 10.9. The largest absolute Gasteiger partial charge is 0.487 e. The van der Waals surface area contributed by atoms with Crippen LogP contribution in [0.25, 0.3) is 0 Å². The number of benzene rings is 1. The van der Waals surface area contributed by atoms with Crippen LogP contribution in [0.2, 0.25) is 5.02 Å². The van der Waals surface area contributed by atoms with Gasteiger partial charge in [-0.1, -0.05) is 29.7 Å². The second-order valence-corrected chi connectivity index (χ2v) is 11.3. The number of carbonyl (C=O) groups excluding carboxylic acids is 3. The number of nitrogens with one attached hydrogen (secondary N) is 1. The molecular weight excluding hydrogens is 558 g/mol. The number of carbonyl (C=O) groups is 3. The number of alkyl halides is 2. The molecule has 0 spiro atoms. The zero-order valence-electron chi connectivity index (χ0n) is 23.2. The summed E-state index contributed by atoms with van der Waals surface area (Å²) in [4.78, 5) is 43.2. The first kappa shape index (κ1) is 29.2. The van der Waals surface area contributed by atoms with E-state index in [1.807, 2.05) is 0 Å². The maximum absolute atomic E-state index is 14.2. The van der Waals surface area contributed by atoms with Crippen molar-refractivity contribution in [1.29, 1.82) is 0 Å². The molecule has 1 N–H and O–H groups in total. The van der Waals surface area contributed by atoms with Crippen molar-refractivity contribution >= 4 is 29.3 Å². The summed E-state index contributed by atoms with van der Waals surface area (Å²) in [5, 5.41) is 10.8. The van der Waals surface area contributed by atoms with E-state index in [2.05, 4.69) is 15.6 Å². The summed E-state index contributed by atoms with van der Waals surface area (Å²) < 4.78 is 34.4. The molecule has 0 bridgehead atoms. The summed E-state index contributed by atoms with van der Waals surface area (Å²) in [6, 6.07) is 2.78. The standard InChI is InChI=1S/C28H35ClF2N6O4/c1-32-27(39)16-6-3-4-7-17(16)28(40)37-13-11-18-19(29)9-10-22(24(18)21(37)14-36-12-5-8-23(36)38)41-15-20-25(26(30)31)35(2)34-33-20/h9-10,16-17,21,26H,3-8,11-15H2,1-2H3,(H,32,39)/t16-,17?,21-/m1/s1. The van der Waals surface area contributed by atoms with E-state index in [1.54, 1.807) is 29.0 Å². The van der Waals surface area contributed by atoms with Gasteiger partial charge in [0, 0.05) is 62.6 Å². The van der Waals surface area contributed by atoms with Gasteiger partial charge in [-0.25, -0.2) is 13.5 Å². The number of amides is 3. The minimum Gasteiger partial charge on any atom is -0.487 e. The van der Waals surface area contributed by atoms with Crippen LogP contribution in [0.4, 0.5) is 8.78 Å². The lowest BCUT2D eigenvalue weighted by molar-refractivity contribution is -0.147. The van der Waals surface area contributed by atoms with Gasteiger partial charge in [-0.3, -0.25) is 14.4 Å².